The summed E-state index contributed by atoms with van der Waals surface area (Å²) >= 11 is 6.63. The zero-order chi connectivity index (χ0) is 23.4. The lowest BCUT2D eigenvalue weighted by Gasteiger charge is -2.11. The van der Waals surface area contributed by atoms with Crippen LogP contribution in [0.2, 0.25) is 5.02 Å². The van der Waals surface area contributed by atoms with Crippen molar-refractivity contribution in [2.24, 2.45) is 0 Å². The molecule has 4 rings (SSSR count). The normalized spacial score (nSPS) is 11.2. The van der Waals surface area contributed by atoms with E-state index in [2.05, 4.69) is 20.5 Å². The molecular formula is C22H17ClN4O4S2. The summed E-state index contributed by atoms with van der Waals surface area (Å²) < 4.78 is 30.6. The van der Waals surface area contributed by atoms with E-state index in [1.54, 1.807) is 49.7 Å². The summed E-state index contributed by atoms with van der Waals surface area (Å²) in [4.78, 5) is 17.1. The minimum atomic E-state index is -3.74. The molecule has 168 valence electrons. The van der Waals surface area contributed by atoms with Gasteiger partial charge in [0.25, 0.3) is 5.91 Å². The molecule has 0 saturated carbocycles. The van der Waals surface area contributed by atoms with E-state index in [0.717, 1.165) is 11.3 Å². The summed E-state index contributed by atoms with van der Waals surface area (Å²) in [5.74, 6) is -0.142. The first-order valence-electron chi connectivity index (χ1n) is 9.57. The maximum absolute atomic E-state index is 13.0. The largest absolute Gasteiger partial charge is 0.496 e. The van der Waals surface area contributed by atoms with Crippen molar-refractivity contribution in [1.29, 1.82) is 0 Å². The predicted octanol–water partition coefficient (Wildman–Crippen LogP) is 4.49. The molecule has 1 amide bonds. The lowest BCUT2D eigenvalue weighted by molar-refractivity contribution is 0.102. The number of ether oxygens (including phenoxy) is 1. The van der Waals surface area contributed by atoms with E-state index < -0.39 is 15.7 Å². The van der Waals surface area contributed by atoms with Gasteiger partial charge in [0.15, 0.2) is 0 Å². The number of aromatic nitrogens is 3. The summed E-state index contributed by atoms with van der Waals surface area (Å²) in [6, 6.07) is 15.3. The smallest absolute Gasteiger partial charge is 0.258 e. The molecule has 1 N–H and O–H groups in total. The monoisotopic (exact) mass is 500 g/mol. The van der Waals surface area contributed by atoms with Crippen molar-refractivity contribution in [1.82, 2.24) is 15.2 Å². The summed E-state index contributed by atoms with van der Waals surface area (Å²) in [7, 11) is -2.20. The standard InChI is InChI=1S/C22H17ClN4O4S2/c1-31-19-5-3-2-4-16(19)18-12-24-11-10-17(18)20(28)25-21-26-27-22(32-21)33(29,30)13-14-6-8-15(23)9-7-14/h2-12H,13H2,1H3,(H,25,26,28). The number of carbonyl (C=O) groups is 1. The Hall–Kier alpha value is -3.34. The number of carbonyl (C=O) groups excluding carboxylic acids is 1. The van der Waals surface area contributed by atoms with Crippen LogP contribution >= 0.6 is 22.9 Å². The van der Waals surface area contributed by atoms with Crippen LogP contribution in [0.5, 0.6) is 5.75 Å². The molecule has 0 unspecified atom stereocenters. The number of benzene rings is 2. The van der Waals surface area contributed by atoms with Crippen molar-refractivity contribution in [3.63, 3.8) is 0 Å². The van der Waals surface area contributed by atoms with Crippen LogP contribution in [0.15, 0.2) is 71.3 Å². The number of pyridine rings is 1. The van der Waals surface area contributed by atoms with Gasteiger partial charge >= 0.3 is 0 Å². The van der Waals surface area contributed by atoms with Gasteiger partial charge in [0.1, 0.15) is 5.75 Å². The summed E-state index contributed by atoms with van der Waals surface area (Å²) in [5.41, 5.74) is 2.16. The summed E-state index contributed by atoms with van der Waals surface area (Å²) in [5, 5.41) is 10.8. The number of anilines is 1. The van der Waals surface area contributed by atoms with E-state index in [0.29, 0.717) is 33.0 Å². The minimum Gasteiger partial charge on any atom is -0.496 e. The molecule has 0 bridgehead atoms. The maximum atomic E-state index is 13.0. The minimum absolute atomic E-state index is 0.0671. The highest BCUT2D eigenvalue weighted by molar-refractivity contribution is 7.92. The van der Waals surface area contributed by atoms with Crippen molar-refractivity contribution in [2.75, 3.05) is 12.4 Å². The van der Waals surface area contributed by atoms with Gasteiger partial charge in [-0.3, -0.25) is 15.1 Å². The average molecular weight is 501 g/mol. The van der Waals surface area contributed by atoms with Gasteiger partial charge in [-0.15, -0.1) is 10.2 Å². The highest BCUT2D eigenvalue weighted by atomic mass is 35.5. The van der Waals surface area contributed by atoms with Gasteiger partial charge in [-0.2, -0.15) is 0 Å². The van der Waals surface area contributed by atoms with Gasteiger partial charge in [-0.1, -0.05) is 53.3 Å². The first-order chi connectivity index (χ1) is 15.9. The number of hydrogen-bond acceptors (Lipinski definition) is 8. The predicted molar refractivity (Wildman–Crippen MR) is 126 cm³/mol. The summed E-state index contributed by atoms with van der Waals surface area (Å²) in [6.07, 6.45) is 3.06. The van der Waals surface area contributed by atoms with Crippen LogP contribution in [0, 0.1) is 0 Å². The quantitative estimate of drug-likeness (QED) is 0.372. The van der Waals surface area contributed by atoms with E-state index in [9.17, 15) is 13.2 Å². The Labute approximate surface area is 199 Å². The first kappa shape index (κ1) is 22.8. The molecule has 4 aromatic rings. The highest BCUT2D eigenvalue weighted by Gasteiger charge is 2.23. The zero-order valence-electron chi connectivity index (χ0n) is 17.2. The second-order valence-electron chi connectivity index (χ2n) is 6.83. The second kappa shape index (κ2) is 9.65. The molecule has 0 radical (unpaired) electrons. The number of sulfone groups is 1. The van der Waals surface area contributed by atoms with Crippen LogP contribution in [0.25, 0.3) is 11.1 Å². The fraction of sp³-hybridized carbons (Fsp3) is 0.0909. The van der Waals surface area contributed by atoms with E-state index >= 15 is 0 Å². The molecule has 2 heterocycles. The fourth-order valence-corrected chi connectivity index (χ4v) is 5.53. The van der Waals surface area contributed by atoms with Crippen molar-refractivity contribution in [3.8, 4) is 16.9 Å². The van der Waals surface area contributed by atoms with Crippen LogP contribution in [0.3, 0.4) is 0 Å². The van der Waals surface area contributed by atoms with Crippen LogP contribution in [0.4, 0.5) is 5.13 Å². The van der Waals surface area contributed by atoms with Gasteiger partial charge in [-0.05, 0) is 29.8 Å². The van der Waals surface area contributed by atoms with Crippen molar-refractivity contribution in [3.05, 3.63) is 83.1 Å². The SMILES string of the molecule is COc1ccccc1-c1cnccc1C(=O)Nc1nnc(S(=O)(=O)Cc2ccc(Cl)cc2)s1. The van der Waals surface area contributed by atoms with Crippen molar-refractivity contribution < 1.29 is 17.9 Å². The number of rotatable bonds is 7. The molecule has 0 fully saturated rings. The zero-order valence-corrected chi connectivity index (χ0v) is 19.6. The number of para-hydroxylation sites is 1. The van der Waals surface area contributed by atoms with E-state index in [4.69, 9.17) is 16.3 Å². The molecule has 2 aromatic heterocycles. The summed E-state index contributed by atoms with van der Waals surface area (Å²) in [6.45, 7) is 0. The average Bonchev–Trinajstić information content (AvgIpc) is 3.30. The van der Waals surface area contributed by atoms with Gasteiger partial charge in [-0.25, -0.2) is 8.42 Å². The van der Waals surface area contributed by atoms with Gasteiger partial charge in [0, 0.05) is 28.5 Å². The third-order valence-corrected chi connectivity index (χ3v) is 7.85. The molecule has 0 atom stereocenters. The van der Waals surface area contributed by atoms with Crippen LogP contribution < -0.4 is 10.1 Å². The van der Waals surface area contributed by atoms with Crippen molar-refractivity contribution in [2.45, 2.75) is 10.1 Å². The Kier molecular flexibility index (Phi) is 6.68. The molecule has 0 spiro atoms. The third kappa shape index (κ3) is 5.19. The Bertz CT molecular complexity index is 1410. The highest BCUT2D eigenvalue weighted by Crippen LogP contribution is 2.32. The maximum Gasteiger partial charge on any atom is 0.258 e. The van der Waals surface area contributed by atoms with Crippen molar-refractivity contribution >= 4 is 43.8 Å². The Balaban J connectivity index is 1.56. The molecular weight excluding hydrogens is 484 g/mol. The van der Waals surface area contributed by atoms with Gasteiger partial charge in [0.05, 0.1) is 18.4 Å². The number of hydrogen-bond donors (Lipinski definition) is 1. The molecule has 11 heteroatoms. The number of nitrogens with one attached hydrogen (secondary N) is 1. The molecule has 0 aliphatic rings. The van der Waals surface area contributed by atoms with Gasteiger partial charge < -0.3 is 4.74 Å². The number of halogens is 1. The Morgan fingerprint density at radius 3 is 2.58 bits per heavy atom. The Morgan fingerprint density at radius 2 is 1.82 bits per heavy atom. The second-order valence-corrected chi connectivity index (χ2v) is 10.4. The fourth-order valence-electron chi connectivity index (χ4n) is 3.09. The first-order valence-corrected chi connectivity index (χ1v) is 12.4. The molecule has 0 aliphatic heterocycles. The topological polar surface area (TPSA) is 111 Å². The third-order valence-electron chi connectivity index (χ3n) is 4.63. The van der Waals surface area contributed by atoms with E-state index in [1.165, 1.54) is 6.20 Å². The molecule has 0 aliphatic carbocycles. The molecule has 2 aromatic carbocycles. The molecule has 8 nitrogen and oxygen atoms in total. The van der Waals surface area contributed by atoms with Crippen LogP contribution in [0.1, 0.15) is 15.9 Å². The lowest BCUT2D eigenvalue weighted by atomic mass is 10.0. The number of amides is 1. The Morgan fingerprint density at radius 1 is 1.06 bits per heavy atom. The van der Waals surface area contributed by atoms with E-state index in [1.807, 2.05) is 18.2 Å². The number of methoxy groups -OCH3 is 1. The van der Waals surface area contributed by atoms with E-state index in [-0.39, 0.29) is 15.2 Å². The molecule has 33 heavy (non-hydrogen) atoms. The lowest BCUT2D eigenvalue weighted by Crippen LogP contribution is -2.13. The van der Waals surface area contributed by atoms with Crippen LogP contribution in [-0.4, -0.2) is 36.6 Å². The van der Waals surface area contributed by atoms with Gasteiger partial charge in [0.2, 0.25) is 19.3 Å². The molecule has 0 saturated heterocycles. The number of nitrogens with zero attached hydrogens (tertiary/aromatic N) is 3. The van der Waals surface area contributed by atoms with Crippen LogP contribution in [-0.2, 0) is 15.6 Å².